The molecule has 8 heteroatoms. The minimum Gasteiger partial charge on any atom is -0.497 e. The molecule has 0 fully saturated rings. The molecule has 0 saturated carbocycles. The first-order valence-corrected chi connectivity index (χ1v) is 9.62. The summed E-state index contributed by atoms with van der Waals surface area (Å²) in [5, 5.41) is 4.10. The number of ether oxygens (including phenoxy) is 1. The molecule has 0 spiro atoms. The van der Waals surface area contributed by atoms with Crippen molar-refractivity contribution in [2.75, 3.05) is 7.11 Å². The molecule has 0 aliphatic heterocycles. The Hall–Kier alpha value is -2.35. The molecule has 3 rings (SSSR count). The summed E-state index contributed by atoms with van der Waals surface area (Å²) < 4.78 is 38.1. The van der Waals surface area contributed by atoms with Crippen LogP contribution in [-0.4, -0.2) is 20.7 Å². The summed E-state index contributed by atoms with van der Waals surface area (Å²) in [7, 11) is -2.38. The lowest BCUT2D eigenvalue weighted by Crippen LogP contribution is -2.24. The van der Waals surface area contributed by atoms with Gasteiger partial charge in [-0.3, -0.25) is 0 Å². The van der Waals surface area contributed by atoms with Gasteiger partial charge in [-0.1, -0.05) is 47.1 Å². The van der Waals surface area contributed by atoms with E-state index >= 15 is 0 Å². The van der Waals surface area contributed by atoms with E-state index < -0.39 is 10.0 Å². The third-order valence-electron chi connectivity index (χ3n) is 3.91. The summed E-state index contributed by atoms with van der Waals surface area (Å²) in [6.07, 6.45) is 0. The van der Waals surface area contributed by atoms with E-state index in [1.54, 1.807) is 6.07 Å². The maximum atomic E-state index is 12.6. The van der Waals surface area contributed by atoms with Crippen molar-refractivity contribution in [1.29, 1.82) is 0 Å². The molecule has 1 N–H and O–H groups in total. The van der Waals surface area contributed by atoms with Gasteiger partial charge in [0, 0.05) is 17.2 Å². The summed E-state index contributed by atoms with van der Waals surface area (Å²) >= 11 is 6.03. The summed E-state index contributed by atoms with van der Waals surface area (Å²) in [6, 6.07) is 13.9. The first-order chi connectivity index (χ1) is 12.4. The van der Waals surface area contributed by atoms with Crippen molar-refractivity contribution < 1.29 is 17.7 Å². The quantitative estimate of drug-likeness (QED) is 0.690. The van der Waals surface area contributed by atoms with Crippen LogP contribution in [0.4, 0.5) is 0 Å². The van der Waals surface area contributed by atoms with Crippen LogP contribution in [0.25, 0.3) is 11.3 Å². The third-order valence-corrected chi connectivity index (χ3v) is 5.80. The Labute approximate surface area is 156 Å². The minimum absolute atomic E-state index is 0.0158. The van der Waals surface area contributed by atoms with Gasteiger partial charge >= 0.3 is 0 Å². The number of nitrogens with one attached hydrogen (secondary N) is 1. The van der Waals surface area contributed by atoms with Gasteiger partial charge in [0.1, 0.15) is 16.3 Å². The molecule has 0 atom stereocenters. The zero-order valence-electron chi connectivity index (χ0n) is 14.2. The lowest BCUT2D eigenvalue weighted by molar-refractivity contribution is 0.413. The van der Waals surface area contributed by atoms with E-state index in [0.29, 0.717) is 17.2 Å². The van der Waals surface area contributed by atoms with Crippen molar-refractivity contribution in [3.63, 3.8) is 0 Å². The topological polar surface area (TPSA) is 81.4 Å². The van der Waals surface area contributed by atoms with E-state index in [0.717, 1.165) is 11.1 Å². The predicted octanol–water partition coefficient (Wildman–Crippen LogP) is 3.79. The number of halogens is 1. The van der Waals surface area contributed by atoms with E-state index in [1.807, 2.05) is 37.3 Å². The minimum atomic E-state index is -3.84. The largest absolute Gasteiger partial charge is 0.497 e. The zero-order chi connectivity index (χ0) is 18.7. The number of methoxy groups -OCH3 is 1. The van der Waals surface area contributed by atoms with Crippen LogP contribution >= 0.6 is 11.6 Å². The third kappa shape index (κ3) is 3.75. The molecule has 0 aliphatic carbocycles. The molecule has 0 aliphatic rings. The van der Waals surface area contributed by atoms with Gasteiger partial charge in [0.15, 0.2) is 5.76 Å². The number of nitrogens with zero attached hydrogens (tertiary/aromatic N) is 1. The summed E-state index contributed by atoms with van der Waals surface area (Å²) in [4.78, 5) is -0.0528. The molecule has 0 radical (unpaired) electrons. The second kappa shape index (κ2) is 7.49. The van der Waals surface area contributed by atoms with Crippen molar-refractivity contribution in [2.24, 2.45) is 0 Å². The monoisotopic (exact) mass is 392 g/mol. The molecular formula is C18H17ClN2O4S. The van der Waals surface area contributed by atoms with Gasteiger partial charge in [-0.25, -0.2) is 13.1 Å². The van der Waals surface area contributed by atoms with Crippen LogP contribution in [0.3, 0.4) is 0 Å². The van der Waals surface area contributed by atoms with E-state index in [1.165, 1.54) is 19.2 Å². The van der Waals surface area contributed by atoms with Crippen molar-refractivity contribution in [2.45, 2.75) is 18.4 Å². The van der Waals surface area contributed by atoms with Crippen LogP contribution in [0.5, 0.6) is 5.75 Å². The molecule has 136 valence electrons. The normalized spacial score (nSPS) is 11.5. The molecule has 0 bridgehead atoms. The van der Waals surface area contributed by atoms with E-state index in [2.05, 4.69) is 9.88 Å². The maximum absolute atomic E-state index is 12.6. The highest BCUT2D eigenvalue weighted by Gasteiger charge is 2.21. The number of aromatic nitrogens is 1. The first kappa shape index (κ1) is 18.4. The SMILES string of the molecule is COc1ccc(Cl)c(S(=O)(=O)NCc2noc(-c3ccccc3)c2C)c1. The summed E-state index contributed by atoms with van der Waals surface area (Å²) in [5.41, 5.74) is 2.16. The fourth-order valence-electron chi connectivity index (χ4n) is 2.45. The standard InChI is InChI=1S/C18H17ClN2O4S/c1-12-16(21-25-18(12)13-6-4-3-5-7-13)11-20-26(22,23)17-10-14(24-2)8-9-15(17)19/h3-10,20H,11H2,1-2H3. The van der Waals surface area contributed by atoms with Crippen molar-refractivity contribution in [3.05, 3.63) is 64.8 Å². The average molecular weight is 393 g/mol. The second-order valence-corrected chi connectivity index (χ2v) is 7.71. The molecule has 1 heterocycles. The first-order valence-electron chi connectivity index (χ1n) is 7.76. The maximum Gasteiger partial charge on any atom is 0.242 e. The van der Waals surface area contributed by atoms with Crippen molar-refractivity contribution in [1.82, 2.24) is 9.88 Å². The van der Waals surface area contributed by atoms with Gasteiger partial charge in [-0.2, -0.15) is 0 Å². The van der Waals surface area contributed by atoms with Crippen LogP contribution in [0.15, 0.2) is 57.9 Å². The lowest BCUT2D eigenvalue weighted by Gasteiger charge is -2.09. The van der Waals surface area contributed by atoms with Crippen LogP contribution in [0, 0.1) is 6.92 Å². The number of sulfonamides is 1. The second-order valence-electron chi connectivity index (χ2n) is 5.57. The van der Waals surface area contributed by atoms with Gasteiger partial charge < -0.3 is 9.26 Å². The molecule has 2 aromatic carbocycles. The zero-order valence-corrected chi connectivity index (χ0v) is 15.8. The number of benzene rings is 2. The van der Waals surface area contributed by atoms with Crippen LogP contribution in [0.1, 0.15) is 11.3 Å². The molecule has 0 unspecified atom stereocenters. The van der Waals surface area contributed by atoms with E-state index in [9.17, 15) is 8.42 Å². The molecule has 1 aromatic heterocycles. The lowest BCUT2D eigenvalue weighted by atomic mass is 10.1. The van der Waals surface area contributed by atoms with Crippen LogP contribution < -0.4 is 9.46 Å². The van der Waals surface area contributed by atoms with Gasteiger partial charge in [-0.05, 0) is 19.1 Å². The van der Waals surface area contributed by atoms with Gasteiger partial charge in [0.05, 0.1) is 18.7 Å². The summed E-state index contributed by atoms with van der Waals surface area (Å²) in [6.45, 7) is 1.82. The Bertz CT molecular complexity index is 1020. The van der Waals surface area contributed by atoms with Gasteiger partial charge in [-0.15, -0.1) is 0 Å². The molecular weight excluding hydrogens is 376 g/mol. The number of hydrogen-bond acceptors (Lipinski definition) is 5. The Kier molecular flexibility index (Phi) is 5.31. The molecule has 26 heavy (non-hydrogen) atoms. The highest BCUT2D eigenvalue weighted by Crippen LogP contribution is 2.28. The van der Waals surface area contributed by atoms with Gasteiger partial charge in [0.2, 0.25) is 10.0 Å². The molecule has 0 amide bonds. The molecule has 0 saturated heterocycles. The Balaban J connectivity index is 1.82. The van der Waals surface area contributed by atoms with Crippen molar-refractivity contribution >= 4 is 21.6 Å². The van der Waals surface area contributed by atoms with Crippen LogP contribution in [0.2, 0.25) is 5.02 Å². The molecule has 3 aromatic rings. The van der Waals surface area contributed by atoms with Crippen molar-refractivity contribution in [3.8, 4) is 17.1 Å². The predicted molar refractivity (Wildman–Crippen MR) is 98.7 cm³/mol. The summed E-state index contributed by atoms with van der Waals surface area (Å²) in [5.74, 6) is 1.01. The highest BCUT2D eigenvalue weighted by molar-refractivity contribution is 7.89. The van der Waals surface area contributed by atoms with E-state index in [4.69, 9.17) is 20.9 Å². The fraction of sp³-hybridized carbons (Fsp3) is 0.167. The number of rotatable bonds is 6. The van der Waals surface area contributed by atoms with E-state index in [-0.39, 0.29) is 16.5 Å². The van der Waals surface area contributed by atoms with Crippen LogP contribution in [-0.2, 0) is 16.6 Å². The Morgan fingerprint density at radius 2 is 1.92 bits per heavy atom. The number of hydrogen-bond donors (Lipinski definition) is 1. The smallest absolute Gasteiger partial charge is 0.242 e. The molecule has 6 nitrogen and oxygen atoms in total. The Morgan fingerprint density at radius 1 is 1.19 bits per heavy atom. The fourth-order valence-corrected chi connectivity index (χ4v) is 3.95. The van der Waals surface area contributed by atoms with Gasteiger partial charge in [0.25, 0.3) is 0 Å². The highest BCUT2D eigenvalue weighted by atomic mass is 35.5. The average Bonchev–Trinajstić information content (AvgIpc) is 3.02. The Morgan fingerprint density at radius 3 is 2.62 bits per heavy atom.